The van der Waals surface area contributed by atoms with Gasteiger partial charge in [0.25, 0.3) is 0 Å². The number of nitrogens with one attached hydrogen (secondary N) is 1. The summed E-state index contributed by atoms with van der Waals surface area (Å²) in [5.74, 6) is 0.761. The number of rotatable bonds is 6. The molecule has 1 fully saturated rings. The van der Waals surface area contributed by atoms with Gasteiger partial charge in [0.2, 0.25) is 0 Å². The number of hydrogen-bond acceptors (Lipinski definition) is 3. The van der Waals surface area contributed by atoms with Gasteiger partial charge in [0.1, 0.15) is 0 Å². The molecule has 0 aromatic carbocycles. The zero-order valence-corrected chi connectivity index (χ0v) is 11.3. The summed E-state index contributed by atoms with van der Waals surface area (Å²) in [5.41, 5.74) is 0. The van der Waals surface area contributed by atoms with Crippen LogP contribution in [0.3, 0.4) is 0 Å². The molecule has 0 radical (unpaired) electrons. The molecule has 1 aliphatic heterocycles. The molecule has 0 spiro atoms. The first-order valence-electron chi connectivity index (χ1n) is 6.70. The summed E-state index contributed by atoms with van der Waals surface area (Å²) in [6, 6.07) is 1.24. The molecular formula is C13H28N2O. The third-order valence-corrected chi connectivity index (χ3v) is 3.90. The van der Waals surface area contributed by atoms with Crippen molar-refractivity contribution in [3.05, 3.63) is 0 Å². The van der Waals surface area contributed by atoms with Gasteiger partial charge in [-0.1, -0.05) is 20.3 Å². The van der Waals surface area contributed by atoms with E-state index in [1.807, 2.05) is 0 Å². The maximum absolute atomic E-state index is 5.37. The average Bonchev–Trinajstić information content (AvgIpc) is 2.35. The highest BCUT2D eigenvalue weighted by Crippen LogP contribution is 2.08. The van der Waals surface area contributed by atoms with E-state index in [0.717, 1.165) is 38.8 Å². The van der Waals surface area contributed by atoms with E-state index in [1.165, 1.54) is 6.42 Å². The third kappa shape index (κ3) is 4.40. The molecule has 1 saturated heterocycles. The van der Waals surface area contributed by atoms with Gasteiger partial charge in [-0.15, -0.1) is 0 Å². The van der Waals surface area contributed by atoms with Crippen molar-refractivity contribution in [3.8, 4) is 0 Å². The molecule has 0 aromatic heterocycles. The molecule has 1 rings (SSSR count). The van der Waals surface area contributed by atoms with Crippen molar-refractivity contribution in [2.24, 2.45) is 5.92 Å². The molecular weight excluding hydrogens is 200 g/mol. The molecule has 0 amide bonds. The van der Waals surface area contributed by atoms with Crippen LogP contribution in [0.15, 0.2) is 0 Å². The predicted molar refractivity (Wildman–Crippen MR) is 68.8 cm³/mol. The minimum Gasteiger partial charge on any atom is -0.379 e. The molecule has 0 saturated carbocycles. The van der Waals surface area contributed by atoms with Crippen LogP contribution in [0.5, 0.6) is 0 Å². The Morgan fingerprint density at radius 1 is 1.19 bits per heavy atom. The monoisotopic (exact) mass is 228 g/mol. The molecule has 96 valence electrons. The van der Waals surface area contributed by atoms with Gasteiger partial charge in [-0.25, -0.2) is 0 Å². The van der Waals surface area contributed by atoms with Crippen LogP contribution in [0, 0.1) is 5.92 Å². The lowest BCUT2D eigenvalue weighted by atomic mass is 10.0. The lowest BCUT2D eigenvalue weighted by molar-refractivity contribution is 0.0197. The first kappa shape index (κ1) is 13.9. The zero-order valence-electron chi connectivity index (χ0n) is 11.3. The van der Waals surface area contributed by atoms with Crippen LogP contribution < -0.4 is 5.32 Å². The molecule has 0 aliphatic carbocycles. The maximum atomic E-state index is 5.37. The van der Waals surface area contributed by atoms with Gasteiger partial charge >= 0.3 is 0 Å². The summed E-state index contributed by atoms with van der Waals surface area (Å²) in [6.07, 6.45) is 1.25. The lowest BCUT2D eigenvalue weighted by Crippen LogP contribution is -2.48. The van der Waals surface area contributed by atoms with Crippen molar-refractivity contribution in [2.45, 2.75) is 46.2 Å². The van der Waals surface area contributed by atoms with Gasteiger partial charge in [0.15, 0.2) is 0 Å². The molecule has 1 heterocycles. The molecule has 3 nitrogen and oxygen atoms in total. The van der Waals surface area contributed by atoms with E-state index in [0.29, 0.717) is 12.1 Å². The van der Waals surface area contributed by atoms with Crippen molar-refractivity contribution in [3.63, 3.8) is 0 Å². The van der Waals surface area contributed by atoms with E-state index >= 15 is 0 Å². The highest BCUT2D eigenvalue weighted by molar-refractivity contribution is 4.75. The number of hydrogen-bond donors (Lipinski definition) is 1. The normalized spacial score (nSPS) is 24.0. The van der Waals surface area contributed by atoms with E-state index in [4.69, 9.17) is 4.74 Å². The number of nitrogens with zero attached hydrogens (tertiary/aromatic N) is 1. The Balaban J connectivity index is 2.20. The van der Waals surface area contributed by atoms with Crippen molar-refractivity contribution in [1.29, 1.82) is 0 Å². The fourth-order valence-electron chi connectivity index (χ4n) is 2.06. The zero-order chi connectivity index (χ0) is 12.0. The van der Waals surface area contributed by atoms with E-state index in [9.17, 15) is 0 Å². The summed E-state index contributed by atoms with van der Waals surface area (Å²) in [4.78, 5) is 2.51. The standard InChI is InChI=1S/C13H28N2O/c1-5-11(2)13(4)14-10-12(3)15-6-8-16-9-7-15/h11-14H,5-10H2,1-4H3. The summed E-state index contributed by atoms with van der Waals surface area (Å²) < 4.78 is 5.37. The minimum absolute atomic E-state index is 0.619. The van der Waals surface area contributed by atoms with Gasteiger partial charge in [0.05, 0.1) is 13.2 Å². The Kier molecular flexibility index (Phi) is 6.32. The smallest absolute Gasteiger partial charge is 0.0594 e. The second-order valence-corrected chi connectivity index (χ2v) is 5.08. The first-order chi connectivity index (χ1) is 7.65. The fraction of sp³-hybridized carbons (Fsp3) is 1.00. The van der Waals surface area contributed by atoms with Gasteiger partial charge in [0, 0.05) is 31.7 Å². The average molecular weight is 228 g/mol. The fourth-order valence-corrected chi connectivity index (χ4v) is 2.06. The minimum atomic E-state index is 0.619. The Labute approximate surface area is 101 Å². The van der Waals surface area contributed by atoms with Gasteiger partial charge in [-0.3, -0.25) is 4.90 Å². The topological polar surface area (TPSA) is 24.5 Å². The van der Waals surface area contributed by atoms with Crippen LogP contribution in [-0.2, 0) is 4.74 Å². The highest BCUT2D eigenvalue weighted by atomic mass is 16.5. The lowest BCUT2D eigenvalue weighted by Gasteiger charge is -2.33. The van der Waals surface area contributed by atoms with E-state index in [2.05, 4.69) is 37.9 Å². The summed E-state index contributed by atoms with van der Waals surface area (Å²) >= 11 is 0. The largest absolute Gasteiger partial charge is 0.379 e. The second-order valence-electron chi connectivity index (χ2n) is 5.08. The van der Waals surface area contributed by atoms with Crippen LogP contribution in [0.25, 0.3) is 0 Å². The van der Waals surface area contributed by atoms with Crippen LogP contribution in [-0.4, -0.2) is 49.8 Å². The summed E-state index contributed by atoms with van der Waals surface area (Å²) in [6.45, 7) is 14.2. The molecule has 0 bridgehead atoms. The van der Waals surface area contributed by atoms with E-state index < -0.39 is 0 Å². The van der Waals surface area contributed by atoms with Crippen molar-refractivity contribution < 1.29 is 4.74 Å². The second kappa shape index (κ2) is 7.25. The molecule has 1 N–H and O–H groups in total. The molecule has 3 atom stereocenters. The van der Waals surface area contributed by atoms with Crippen molar-refractivity contribution in [2.75, 3.05) is 32.8 Å². The Bertz CT molecular complexity index is 181. The van der Waals surface area contributed by atoms with Crippen LogP contribution in [0.4, 0.5) is 0 Å². The van der Waals surface area contributed by atoms with Crippen LogP contribution in [0.1, 0.15) is 34.1 Å². The first-order valence-corrected chi connectivity index (χ1v) is 6.70. The Hall–Kier alpha value is -0.120. The molecule has 16 heavy (non-hydrogen) atoms. The summed E-state index contributed by atoms with van der Waals surface area (Å²) in [7, 11) is 0. The Morgan fingerprint density at radius 2 is 1.81 bits per heavy atom. The van der Waals surface area contributed by atoms with Crippen molar-refractivity contribution >= 4 is 0 Å². The van der Waals surface area contributed by atoms with E-state index in [1.54, 1.807) is 0 Å². The SMILES string of the molecule is CCC(C)C(C)NCC(C)N1CCOCC1. The Morgan fingerprint density at radius 3 is 2.38 bits per heavy atom. The van der Waals surface area contributed by atoms with Crippen LogP contribution in [0.2, 0.25) is 0 Å². The maximum Gasteiger partial charge on any atom is 0.0594 e. The highest BCUT2D eigenvalue weighted by Gasteiger charge is 2.18. The molecule has 3 unspecified atom stereocenters. The van der Waals surface area contributed by atoms with Gasteiger partial charge < -0.3 is 10.1 Å². The molecule has 1 aliphatic rings. The quantitative estimate of drug-likeness (QED) is 0.749. The van der Waals surface area contributed by atoms with Gasteiger partial charge in [-0.2, -0.15) is 0 Å². The van der Waals surface area contributed by atoms with Crippen LogP contribution >= 0.6 is 0 Å². The molecule has 3 heteroatoms. The predicted octanol–water partition coefficient (Wildman–Crippen LogP) is 1.73. The van der Waals surface area contributed by atoms with Crippen molar-refractivity contribution in [1.82, 2.24) is 10.2 Å². The third-order valence-electron chi connectivity index (χ3n) is 3.90. The molecule has 0 aromatic rings. The number of morpholine rings is 1. The number of ether oxygens (including phenoxy) is 1. The summed E-state index contributed by atoms with van der Waals surface area (Å²) in [5, 5.41) is 3.65. The van der Waals surface area contributed by atoms with E-state index in [-0.39, 0.29) is 0 Å². The van der Waals surface area contributed by atoms with Gasteiger partial charge in [-0.05, 0) is 19.8 Å².